The fourth-order valence-electron chi connectivity index (χ4n) is 7.85. The molecule has 1 aromatic heterocycles. The Bertz CT molecular complexity index is 2110. The molecule has 4 bridgehead atoms. The number of Topliss-reactive ketones (excluding diaryl/α,β-unsaturated/α-hetero) is 1. The molecule has 0 unspecified atom stereocenters. The number of aromatic nitrogens is 1. The Kier molecular flexibility index (Phi) is 11.8. The van der Waals surface area contributed by atoms with Gasteiger partial charge in [0, 0.05) is 80.4 Å². The summed E-state index contributed by atoms with van der Waals surface area (Å²) in [5, 5.41) is 61.1. The van der Waals surface area contributed by atoms with E-state index in [-0.39, 0.29) is 44.7 Å². The van der Waals surface area contributed by atoms with Crippen molar-refractivity contribution in [3.05, 3.63) is 47.3 Å². The van der Waals surface area contributed by atoms with Crippen LogP contribution in [0.25, 0.3) is 21.0 Å². The number of fused-ring (bicyclic) bond motifs is 1. The summed E-state index contributed by atoms with van der Waals surface area (Å²) in [6.07, 6.45) is 3.91. The van der Waals surface area contributed by atoms with Gasteiger partial charge < -0.3 is 54.9 Å². The highest BCUT2D eigenvalue weighted by Gasteiger charge is 2.49. The number of rotatable bonds is 2. The van der Waals surface area contributed by atoms with Gasteiger partial charge in [-0.1, -0.05) is 57.3 Å². The maximum Gasteiger partial charge on any atom is 0.312 e. The number of hydrogen-bond donors (Lipinski definition) is 6. The summed E-state index contributed by atoms with van der Waals surface area (Å²) in [4.78, 5) is 37.6. The quantitative estimate of drug-likeness (QED) is 0.193. The van der Waals surface area contributed by atoms with Crippen LogP contribution in [-0.2, 0) is 14.3 Å². The number of methoxy groups -OCH3 is 1. The van der Waals surface area contributed by atoms with Crippen molar-refractivity contribution in [3.8, 4) is 17.2 Å². The summed E-state index contributed by atoms with van der Waals surface area (Å²) in [5.74, 6) is -6.05. The summed E-state index contributed by atoms with van der Waals surface area (Å²) in [5.41, 5.74) is 0.846. The van der Waals surface area contributed by atoms with Crippen LogP contribution in [0.1, 0.15) is 57.5 Å². The Morgan fingerprint density at radius 2 is 1.57 bits per heavy atom. The predicted molar refractivity (Wildman–Crippen MR) is 215 cm³/mol. The van der Waals surface area contributed by atoms with Crippen molar-refractivity contribution < 1.29 is 49.3 Å². The molecule has 14 nitrogen and oxygen atoms in total. The highest BCUT2D eigenvalue weighted by molar-refractivity contribution is 7.23. The van der Waals surface area contributed by atoms with Crippen LogP contribution in [0.4, 0.5) is 10.8 Å². The minimum atomic E-state index is -1.91. The van der Waals surface area contributed by atoms with Crippen molar-refractivity contribution in [2.24, 2.45) is 23.7 Å². The molecule has 0 radical (unpaired) electrons. The highest BCUT2D eigenvalue weighted by atomic mass is 32.1. The molecule has 0 spiro atoms. The van der Waals surface area contributed by atoms with Crippen molar-refractivity contribution in [3.63, 3.8) is 0 Å². The van der Waals surface area contributed by atoms with E-state index in [1.807, 2.05) is 7.05 Å². The number of carbonyl (C=O) groups excluding carboxylic acids is 2. The fourth-order valence-corrected chi connectivity index (χ4v) is 8.98. The summed E-state index contributed by atoms with van der Waals surface area (Å²) in [7, 11) is 3.51. The maximum atomic E-state index is 14.5. The van der Waals surface area contributed by atoms with Gasteiger partial charge in [-0.2, -0.15) is 0 Å². The van der Waals surface area contributed by atoms with E-state index in [0.717, 1.165) is 13.1 Å². The zero-order valence-corrected chi connectivity index (χ0v) is 34.2. The summed E-state index contributed by atoms with van der Waals surface area (Å²) >= 11 is 1.26. The molecule has 6 N–H and O–H groups in total. The van der Waals surface area contributed by atoms with Crippen molar-refractivity contribution in [1.29, 1.82) is 0 Å². The van der Waals surface area contributed by atoms with Crippen LogP contribution in [0.5, 0.6) is 17.2 Å². The number of benzene rings is 2. The van der Waals surface area contributed by atoms with Crippen molar-refractivity contribution >= 4 is 54.8 Å². The first-order valence-electron chi connectivity index (χ1n) is 19.0. The van der Waals surface area contributed by atoms with E-state index in [0.29, 0.717) is 28.4 Å². The van der Waals surface area contributed by atoms with Crippen molar-refractivity contribution in [2.45, 2.75) is 78.7 Å². The molecular formula is C41H54N4O10S. The van der Waals surface area contributed by atoms with Gasteiger partial charge in [0.05, 0.1) is 51.8 Å². The minimum absolute atomic E-state index is 0.0344. The minimum Gasteiger partial charge on any atom is -0.507 e. The van der Waals surface area contributed by atoms with Gasteiger partial charge in [-0.15, -0.1) is 0 Å². The van der Waals surface area contributed by atoms with Crippen LogP contribution in [0.15, 0.2) is 36.1 Å². The van der Waals surface area contributed by atoms with E-state index in [1.165, 1.54) is 31.6 Å². The topological polar surface area (TPSA) is 194 Å². The molecule has 1 saturated heterocycles. The predicted octanol–water partition coefficient (Wildman–Crippen LogP) is 4.84. The molecular weight excluding hydrogens is 741 g/mol. The van der Waals surface area contributed by atoms with E-state index in [9.17, 15) is 35.1 Å². The van der Waals surface area contributed by atoms with Crippen molar-refractivity contribution in [1.82, 2.24) is 9.88 Å². The van der Waals surface area contributed by atoms with Gasteiger partial charge in [-0.05, 0) is 27.0 Å². The number of phenols is 2. The van der Waals surface area contributed by atoms with Crippen LogP contribution in [0.2, 0.25) is 0 Å². The average molecular weight is 795 g/mol. The number of nitrogens with one attached hydrogen (secondary N) is 1. The molecule has 3 aliphatic rings. The van der Waals surface area contributed by atoms with E-state index in [1.54, 1.807) is 65.8 Å². The lowest BCUT2D eigenvalue weighted by atomic mass is 9.78. The first-order chi connectivity index (χ1) is 26.4. The lowest BCUT2D eigenvalue weighted by Gasteiger charge is -2.36. The number of thiazole rings is 1. The van der Waals surface area contributed by atoms with Gasteiger partial charge in [0.2, 0.25) is 0 Å². The zero-order valence-electron chi connectivity index (χ0n) is 33.4. The number of ketones is 1. The third-order valence-corrected chi connectivity index (χ3v) is 13.0. The first-order valence-corrected chi connectivity index (χ1v) is 19.8. The second-order valence-electron chi connectivity index (χ2n) is 15.7. The summed E-state index contributed by atoms with van der Waals surface area (Å²) in [6.45, 7) is 14.5. The van der Waals surface area contributed by atoms with Gasteiger partial charge in [0.1, 0.15) is 17.2 Å². The normalized spacial score (nSPS) is 32.7. The Hall–Kier alpha value is -4.25. The molecule has 2 aromatic carbocycles. The van der Waals surface area contributed by atoms with Crippen LogP contribution in [0, 0.1) is 30.6 Å². The Balaban J connectivity index is 1.54. The molecule has 56 heavy (non-hydrogen) atoms. The number of hydrogen-bond acceptors (Lipinski definition) is 14. The van der Waals surface area contributed by atoms with Gasteiger partial charge in [-0.3, -0.25) is 9.59 Å². The number of aliphatic hydroxyl groups is 3. The molecule has 1 fully saturated rings. The smallest absolute Gasteiger partial charge is 0.312 e. The average Bonchev–Trinajstić information content (AvgIpc) is 3.73. The molecule has 6 rings (SSSR count). The molecule has 3 aliphatic heterocycles. The second-order valence-corrected chi connectivity index (χ2v) is 16.7. The number of allylic oxidation sites excluding steroid dienone is 2. The number of aromatic hydroxyl groups is 2. The standard InChI is InChI=1S/C41H54N4O10S/c1-19-11-10-12-20(2)39(52)42-30-35(50)27-26(29-37(30)56-40(43-29)45-16-14-44(8)15-17-45)28-36(24(6)34(27)49)55-41(7,38(28)51)54-18-13-25(53-9)21(3)32(47)23(5)33(48)22(4)31(19)46/h10-13,18-19,21-23,25,31-33,46-50H,14-17H2,1-9H3,(H,42,52)/b11-10-,18-13?,20-12-/t19-,21+,22+,23-,25-,31-,32+,33+,41-/m0/s1. The van der Waals surface area contributed by atoms with Crippen LogP contribution in [-0.4, -0.2) is 118 Å². The van der Waals surface area contributed by atoms with E-state index >= 15 is 0 Å². The highest BCUT2D eigenvalue weighted by Crippen LogP contribution is 2.55. The van der Waals surface area contributed by atoms with Gasteiger partial charge in [0.15, 0.2) is 10.9 Å². The number of anilines is 2. The number of aliphatic hydroxyl groups excluding tert-OH is 3. The van der Waals surface area contributed by atoms with Crippen molar-refractivity contribution in [2.75, 3.05) is 50.6 Å². The second kappa shape index (κ2) is 15.9. The Morgan fingerprint density at radius 3 is 2.23 bits per heavy atom. The summed E-state index contributed by atoms with van der Waals surface area (Å²) in [6, 6.07) is 0. The van der Waals surface area contributed by atoms with Crippen LogP contribution in [0.3, 0.4) is 0 Å². The SMILES string of the molecule is CO[C@H]1C=CO[C@@]2(C)Oc3c(C)c(O)c4c(O)c(c5sc(N6CCN(C)CC6)nc5c4c3C2=O)NC(=O)/C(C)=C\C=C/[C@H](C)[C@H](O)[C@@H](C)[C@@H](O)[C@@H](C)[C@H](O)[C@@H]1C. The number of phenolic OH excluding ortho intramolecular Hbond substituents is 2. The maximum absolute atomic E-state index is 14.5. The number of amides is 1. The molecule has 4 heterocycles. The monoisotopic (exact) mass is 794 g/mol. The van der Waals surface area contributed by atoms with E-state index in [2.05, 4.69) is 15.1 Å². The number of likely N-dealkylation sites (N-methyl/N-ethyl adjacent to an activating group) is 1. The third-order valence-electron chi connectivity index (χ3n) is 11.9. The van der Waals surface area contributed by atoms with E-state index in [4.69, 9.17) is 19.2 Å². The molecule has 0 aliphatic carbocycles. The number of ether oxygens (including phenoxy) is 3. The first kappa shape index (κ1) is 41.4. The lowest BCUT2D eigenvalue weighted by Crippen LogP contribution is -2.44. The zero-order chi connectivity index (χ0) is 41.0. The third kappa shape index (κ3) is 7.24. The van der Waals surface area contributed by atoms with E-state index < -0.39 is 71.3 Å². The molecule has 304 valence electrons. The van der Waals surface area contributed by atoms with Gasteiger partial charge in [-0.25, -0.2) is 4.98 Å². The van der Waals surface area contributed by atoms with Gasteiger partial charge in [0.25, 0.3) is 11.7 Å². The fraction of sp³-hybridized carbons (Fsp3) is 0.537. The molecule has 0 saturated carbocycles. The Morgan fingerprint density at radius 1 is 0.929 bits per heavy atom. The number of piperazine rings is 1. The lowest BCUT2D eigenvalue weighted by molar-refractivity contribution is -0.112. The van der Waals surface area contributed by atoms with Gasteiger partial charge >= 0.3 is 5.79 Å². The molecule has 3 aromatic rings. The summed E-state index contributed by atoms with van der Waals surface area (Å²) < 4.78 is 18.3. The van der Waals surface area contributed by atoms with Crippen LogP contribution >= 0.6 is 11.3 Å². The number of nitrogens with zero attached hydrogens (tertiary/aromatic N) is 3. The molecule has 15 heteroatoms. The number of carbonyl (C=O) groups is 2. The van der Waals surface area contributed by atoms with Crippen LogP contribution < -0.4 is 15.0 Å². The largest absolute Gasteiger partial charge is 0.507 e. The molecule has 1 amide bonds. The Labute approximate surface area is 330 Å². The molecule has 9 atom stereocenters.